The number of aliphatic hydroxyl groups excluding tert-OH is 1. The predicted molar refractivity (Wildman–Crippen MR) is 50.1 cm³/mol. The van der Waals surface area contributed by atoms with Crippen LogP contribution in [0.15, 0.2) is 24.3 Å². The van der Waals surface area contributed by atoms with Crippen molar-refractivity contribution in [2.75, 3.05) is 6.61 Å². The second-order valence-electron chi connectivity index (χ2n) is 2.80. The number of hydrogen-bond acceptors (Lipinski definition) is 3. The van der Waals surface area contributed by atoms with E-state index in [4.69, 9.17) is 14.9 Å². The summed E-state index contributed by atoms with van der Waals surface area (Å²) in [7, 11) is 0. The first kappa shape index (κ1) is 10.5. The van der Waals surface area contributed by atoms with Gasteiger partial charge in [-0.2, -0.15) is 0 Å². The van der Waals surface area contributed by atoms with Gasteiger partial charge < -0.3 is 14.9 Å². The van der Waals surface area contributed by atoms with Gasteiger partial charge in [-0.05, 0) is 17.7 Å². The van der Waals surface area contributed by atoms with E-state index in [-0.39, 0.29) is 19.6 Å². The number of aliphatic carboxylic acids is 1. The van der Waals surface area contributed by atoms with E-state index in [1.165, 1.54) is 0 Å². The van der Waals surface area contributed by atoms with E-state index in [0.717, 1.165) is 5.56 Å². The van der Waals surface area contributed by atoms with Crippen LogP contribution in [-0.2, 0) is 11.4 Å². The molecule has 4 heteroatoms. The van der Waals surface area contributed by atoms with Gasteiger partial charge in [-0.1, -0.05) is 12.1 Å². The quantitative estimate of drug-likeness (QED) is 0.738. The van der Waals surface area contributed by atoms with Crippen molar-refractivity contribution in [3.63, 3.8) is 0 Å². The number of ether oxygens (including phenoxy) is 1. The SMILES string of the molecule is O=C(O)CCOc1cccc(CO)c1. The van der Waals surface area contributed by atoms with Gasteiger partial charge in [-0.3, -0.25) is 4.79 Å². The Kier molecular flexibility index (Phi) is 3.94. The van der Waals surface area contributed by atoms with Gasteiger partial charge in [-0.15, -0.1) is 0 Å². The molecule has 2 N–H and O–H groups in total. The molecule has 1 aromatic carbocycles. The lowest BCUT2D eigenvalue weighted by molar-refractivity contribution is -0.137. The number of carboxylic acid groups (broad SMARTS) is 1. The molecule has 0 atom stereocenters. The first-order chi connectivity index (χ1) is 6.72. The molecule has 0 spiro atoms. The molecule has 14 heavy (non-hydrogen) atoms. The topological polar surface area (TPSA) is 66.8 Å². The van der Waals surface area contributed by atoms with Crippen molar-refractivity contribution in [3.05, 3.63) is 29.8 Å². The van der Waals surface area contributed by atoms with E-state index in [2.05, 4.69) is 0 Å². The Morgan fingerprint density at radius 1 is 1.43 bits per heavy atom. The number of hydrogen-bond donors (Lipinski definition) is 2. The second-order valence-corrected chi connectivity index (χ2v) is 2.80. The Labute approximate surface area is 81.8 Å². The molecule has 0 aliphatic rings. The fourth-order valence-electron chi connectivity index (χ4n) is 0.990. The summed E-state index contributed by atoms with van der Waals surface area (Å²) in [5.74, 6) is -0.305. The number of benzene rings is 1. The Balaban J connectivity index is 2.46. The van der Waals surface area contributed by atoms with Crippen LogP contribution in [0.4, 0.5) is 0 Å². The minimum Gasteiger partial charge on any atom is -0.493 e. The highest BCUT2D eigenvalue weighted by Crippen LogP contribution is 2.13. The maximum atomic E-state index is 10.2. The highest BCUT2D eigenvalue weighted by Gasteiger charge is 1.99. The van der Waals surface area contributed by atoms with E-state index >= 15 is 0 Å². The minimum atomic E-state index is -0.886. The van der Waals surface area contributed by atoms with Gasteiger partial charge in [0.15, 0.2) is 0 Å². The van der Waals surface area contributed by atoms with Crippen molar-refractivity contribution in [3.8, 4) is 5.75 Å². The average Bonchev–Trinajstić information content (AvgIpc) is 2.18. The molecule has 76 valence electrons. The van der Waals surface area contributed by atoms with Crippen LogP contribution in [0.2, 0.25) is 0 Å². The van der Waals surface area contributed by atoms with Gasteiger partial charge in [0.25, 0.3) is 0 Å². The van der Waals surface area contributed by atoms with E-state index in [9.17, 15) is 4.79 Å². The van der Waals surface area contributed by atoms with Crippen LogP contribution >= 0.6 is 0 Å². The standard InChI is InChI=1S/C10H12O4/c11-7-8-2-1-3-9(6-8)14-5-4-10(12)13/h1-3,6,11H,4-5,7H2,(H,12,13). The largest absolute Gasteiger partial charge is 0.493 e. The third kappa shape index (κ3) is 3.45. The fraction of sp³-hybridized carbons (Fsp3) is 0.300. The van der Waals surface area contributed by atoms with Crippen molar-refractivity contribution in [1.82, 2.24) is 0 Å². The molecule has 0 amide bonds. The molecule has 4 nitrogen and oxygen atoms in total. The second kappa shape index (κ2) is 5.24. The molecule has 1 rings (SSSR count). The Morgan fingerprint density at radius 2 is 2.21 bits per heavy atom. The molecular weight excluding hydrogens is 184 g/mol. The lowest BCUT2D eigenvalue weighted by atomic mass is 10.2. The zero-order valence-corrected chi connectivity index (χ0v) is 7.64. The number of carboxylic acids is 1. The lowest BCUT2D eigenvalue weighted by Gasteiger charge is -2.05. The maximum Gasteiger partial charge on any atom is 0.306 e. The van der Waals surface area contributed by atoms with E-state index in [1.807, 2.05) is 0 Å². The van der Waals surface area contributed by atoms with Crippen LogP contribution in [0, 0.1) is 0 Å². The molecule has 0 saturated carbocycles. The summed E-state index contributed by atoms with van der Waals surface area (Å²) in [5.41, 5.74) is 0.748. The summed E-state index contributed by atoms with van der Waals surface area (Å²) < 4.78 is 5.17. The Hall–Kier alpha value is -1.55. The summed E-state index contributed by atoms with van der Waals surface area (Å²) in [6, 6.07) is 6.93. The number of carbonyl (C=O) groups is 1. The summed E-state index contributed by atoms with van der Waals surface area (Å²) in [6.07, 6.45) is -0.0245. The molecular formula is C10H12O4. The highest BCUT2D eigenvalue weighted by molar-refractivity contribution is 5.66. The molecule has 0 heterocycles. The first-order valence-corrected chi connectivity index (χ1v) is 4.27. The Bertz CT molecular complexity index is 309. The van der Waals surface area contributed by atoms with Gasteiger partial charge in [0.1, 0.15) is 5.75 Å². The van der Waals surface area contributed by atoms with Gasteiger partial charge in [0.2, 0.25) is 0 Å². The first-order valence-electron chi connectivity index (χ1n) is 4.27. The smallest absolute Gasteiger partial charge is 0.306 e. The lowest BCUT2D eigenvalue weighted by Crippen LogP contribution is -2.04. The van der Waals surface area contributed by atoms with E-state index in [1.54, 1.807) is 24.3 Å². The zero-order valence-electron chi connectivity index (χ0n) is 7.64. The van der Waals surface area contributed by atoms with Gasteiger partial charge in [0, 0.05) is 0 Å². The zero-order chi connectivity index (χ0) is 10.4. The van der Waals surface area contributed by atoms with E-state index in [0.29, 0.717) is 5.75 Å². The van der Waals surface area contributed by atoms with Crippen molar-refractivity contribution < 1.29 is 19.7 Å². The van der Waals surface area contributed by atoms with Crippen LogP contribution in [0.25, 0.3) is 0 Å². The summed E-state index contributed by atoms with van der Waals surface area (Å²) in [5, 5.41) is 17.2. The van der Waals surface area contributed by atoms with Crippen LogP contribution < -0.4 is 4.74 Å². The van der Waals surface area contributed by atoms with Crippen molar-refractivity contribution >= 4 is 5.97 Å². The summed E-state index contributed by atoms with van der Waals surface area (Å²) in [6.45, 7) is 0.0976. The number of aliphatic hydroxyl groups is 1. The summed E-state index contributed by atoms with van der Waals surface area (Å²) in [4.78, 5) is 10.2. The fourth-order valence-corrected chi connectivity index (χ4v) is 0.990. The molecule has 1 aromatic rings. The molecule has 0 radical (unpaired) electrons. The van der Waals surface area contributed by atoms with Gasteiger partial charge >= 0.3 is 5.97 Å². The third-order valence-electron chi connectivity index (χ3n) is 1.67. The van der Waals surface area contributed by atoms with Crippen molar-refractivity contribution in [2.45, 2.75) is 13.0 Å². The van der Waals surface area contributed by atoms with Gasteiger partial charge in [0.05, 0.1) is 19.6 Å². The average molecular weight is 196 g/mol. The monoisotopic (exact) mass is 196 g/mol. The molecule has 0 unspecified atom stereocenters. The molecule has 0 saturated heterocycles. The van der Waals surface area contributed by atoms with Crippen LogP contribution in [-0.4, -0.2) is 22.8 Å². The Morgan fingerprint density at radius 3 is 2.86 bits per heavy atom. The molecule has 0 aromatic heterocycles. The van der Waals surface area contributed by atoms with E-state index < -0.39 is 5.97 Å². The molecule has 0 fully saturated rings. The minimum absolute atomic E-state index is 0.0245. The maximum absolute atomic E-state index is 10.2. The normalized spacial score (nSPS) is 9.79. The van der Waals surface area contributed by atoms with Crippen molar-refractivity contribution in [1.29, 1.82) is 0 Å². The molecule has 0 bridgehead atoms. The number of rotatable bonds is 5. The highest BCUT2D eigenvalue weighted by atomic mass is 16.5. The summed E-state index contributed by atoms with van der Waals surface area (Å²) >= 11 is 0. The third-order valence-corrected chi connectivity index (χ3v) is 1.67. The van der Waals surface area contributed by atoms with Crippen LogP contribution in [0.1, 0.15) is 12.0 Å². The molecule has 0 aliphatic carbocycles. The van der Waals surface area contributed by atoms with Crippen molar-refractivity contribution in [2.24, 2.45) is 0 Å². The molecule has 0 aliphatic heterocycles. The van der Waals surface area contributed by atoms with Crippen LogP contribution in [0.5, 0.6) is 5.75 Å². The van der Waals surface area contributed by atoms with Crippen LogP contribution in [0.3, 0.4) is 0 Å². The predicted octanol–water partition coefficient (Wildman–Crippen LogP) is 1.03. The van der Waals surface area contributed by atoms with Gasteiger partial charge in [-0.25, -0.2) is 0 Å².